The summed E-state index contributed by atoms with van der Waals surface area (Å²) in [6.45, 7) is 3.34. The van der Waals surface area contributed by atoms with Crippen LogP contribution < -0.4 is 19.7 Å². The van der Waals surface area contributed by atoms with Crippen LogP contribution in [0.1, 0.15) is 21.5 Å². The number of hydrogen-bond acceptors (Lipinski definition) is 5. The second kappa shape index (κ2) is 9.56. The van der Waals surface area contributed by atoms with Crippen LogP contribution in [0.3, 0.4) is 0 Å². The molecule has 0 aliphatic carbocycles. The van der Waals surface area contributed by atoms with Crippen molar-refractivity contribution in [3.8, 4) is 11.5 Å². The number of fused-ring (bicyclic) bond motifs is 1. The number of aryl methyl sites for hydroxylation is 2. The van der Waals surface area contributed by atoms with Gasteiger partial charge in [0.15, 0.2) is 19.0 Å². The summed E-state index contributed by atoms with van der Waals surface area (Å²) in [6.07, 6.45) is 0. The number of ether oxygens (including phenoxy) is 2. The van der Waals surface area contributed by atoms with Crippen molar-refractivity contribution in [2.45, 2.75) is 13.8 Å². The summed E-state index contributed by atoms with van der Waals surface area (Å²) >= 11 is 0. The fraction of sp³-hybridized carbons (Fsp3) is 0.192. The fourth-order valence-corrected chi connectivity index (χ4v) is 3.66. The fourth-order valence-electron chi connectivity index (χ4n) is 3.66. The van der Waals surface area contributed by atoms with E-state index in [4.69, 9.17) is 9.47 Å². The van der Waals surface area contributed by atoms with Gasteiger partial charge in [-0.1, -0.05) is 36.4 Å². The molecule has 1 aliphatic rings. The first kappa shape index (κ1) is 22.1. The minimum atomic E-state index is -0.359. The van der Waals surface area contributed by atoms with Crippen LogP contribution in [0.25, 0.3) is 0 Å². The van der Waals surface area contributed by atoms with Crippen LogP contribution in [-0.4, -0.2) is 37.4 Å². The maximum absolute atomic E-state index is 12.8. The molecular weight excluding hydrogens is 420 g/mol. The Morgan fingerprint density at radius 3 is 2.45 bits per heavy atom. The highest BCUT2D eigenvalue weighted by Gasteiger charge is 2.28. The molecule has 4 rings (SSSR count). The largest absolute Gasteiger partial charge is 0.485 e. The molecule has 0 unspecified atom stereocenters. The van der Waals surface area contributed by atoms with Crippen molar-refractivity contribution in [1.29, 1.82) is 0 Å². The van der Waals surface area contributed by atoms with Crippen LogP contribution in [0.15, 0.2) is 66.7 Å². The van der Waals surface area contributed by atoms with E-state index in [1.807, 2.05) is 50.2 Å². The standard InChI is InChI=1S/C26H24N2O5/c1-17-7-6-8-18(2)26(17)33-15-22(29)19-11-12-23-21(13-19)28(25(31)16-32-23)14-24(30)27-20-9-4-3-5-10-20/h3-13H,14-16H2,1-2H3,(H,27,30). The van der Waals surface area contributed by atoms with E-state index in [-0.39, 0.29) is 37.4 Å². The summed E-state index contributed by atoms with van der Waals surface area (Å²) in [4.78, 5) is 39.2. The molecule has 33 heavy (non-hydrogen) atoms. The van der Waals surface area contributed by atoms with Crippen molar-refractivity contribution in [2.75, 3.05) is 30.0 Å². The molecule has 3 aromatic carbocycles. The topological polar surface area (TPSA) is 84.9 Å². The summed E-state index contributed by atoms with van der Waals surface area (Å²) in [5.74, 6) is 0.169. The first-order valence-corrected chi connectivity index (χ1v) is 10.6. The van der Waals surface area contributed by atoms with E-state index in [0.29, 0.717) is 28.4 Å². The van der Waals surface area contributed by atoms with Gasteiger partial charge in [-0.05, 0) is 55.3 Å². The Hall–Kier alpha value is -4.13. The third-order valence-corrected chi connectivity index (χ3v) is 5.34. The summed E-state index contributed by atoms with van der Waals surface area (Å²) in [6, 6.07) is 19.6. The van der Waals surface area contributed by atoms with E-state index < -0.39 is 0 Å². The van der Waals surface area contributed by atoms with Crippen LogP contribution in [0.2, 0.25) is 0 Å². The molecule has 0 radical (unpaired) electrons. The number of nitrogens with zero attached hydrogens (tertiary/aromatic N) is 1. The molecule has 3 aromatic rings. The number of benzene rings is 3. The number of Topliss-reactive ketones (excluding diaryl/α,β-unsaturated/α-hetero) is 1. The Labute approximate surface area is 191 Å². The van der Waals surface area contributed by atoms with Gasteiger partial charge in [-0.15, -0.1) is 0 Å². The molecule has 0 fully saturated rings. The molecule has 0 bridgehead atoms. The highest BCUT2D eigenvalue weighted by atomic mass is 16.5. The van der Waals surface area contributed by atoms with E-state index in [0.717, 1.165) is 11.1 Å². The van der Waals surface area contributed by atoms with Crippen LogP contribution in [0.5, 0.6) is 11.5 Å². The van der Waals surface area contributed by atoms with Gasteiger partial charge >= 0.3 is 0 Å². The molecule has 0 aromatic heterocycles. The number of carbonyl (C=O) groups is 3. The highest BCUT2D eigenvalue weighted by Crippen LogP contribution is 2.33. The Kier molecular flexibility index (Phi) is 6.40. The van der Waals surface area contributed by atoms with Crippen LogP contribution in [0, 0.1) is 13.8 Å². The van der Waals surface area contributed by atoms with Gasteiger partial charge in [0.1, 0.15) is 18.0 Å². The number of nitrogens with one attached hydrogen (secondary N) is 1. The molecule has 0 saturated heterocycles. The molecule has 7 heteroatoms. The van der Waals surface area contributed by atoms with Gasteiger partial charge in [0.25, 0.3) is 5.91 Å². The number of anilines is 2. The van der Waals surface area contributed by atoms with Gasteiger partial charge in [-0.25, -0.2) is 0 Å². The molecular formula is C26H24N2O5. The number of ketones is 1. The molecule has 0 atom stereocenters. The first-order chi connectivity index (χ1) is 15.9. The number of hydrogen-bond donors (Lipinski definition) is 1. The van der Waals surface area contributed by atoms with E-state index in [9.17, 15) is 14.4 Å². The van der Waals surface area contributed by atoms with Crippen molar-refractivity contribution in [3.63, 3.8) is 0 Å². The highest BCUT2D eigenvalue weighted by molar-refractivity contribution is 6.06. The maximum Gasteiger partial charge on any atom is 0.265 e. The third kappa shape index (κ3) is 5.03. The predicted molar refractivity (Wildman–Crippen MR) is 125 cm³/mol. The Bertz CT molecular complexity index is 1190. The van der Waals surface area contributed by atoms with Gasteiger partial charge in [-0.3, -0.25) is 19.3 Å². The molecule has 1 heterocycles. The first-order valence-electron chi connectivity index (χ1n) is 10.6. The van der Waals surface area contributed by atoms with Crippen molar-refractivity contribution in [1.82, 2.24) is 0 Å². The normalized spacial score (nSPS) is 12.5. The van der Waals surface area contributed by atoms with Crippen molar-refractivity contribution in [2.24, 2.45) is 0 Å². The molecule has 7 nitrogen and oxygen atoms in total. The van der Waals surface area contributed by atoms with Crippen molar-refractivity contribution >= 4 is 29.0 Å². The summed E-state index contributed by atoms with van der Waals surface area (Å²) in [7, 11) is 0. The smallest absolute Gasteiger partial charge is 0.265 e. The monoisotopic (exact) mass is 444 g/mol. The predicted octanol–water partition coefficient (Wildman–Crippen LogP) is 3.93. The second-order valence-corrected chi connectivity index (χ2v) is 7.80. The van der Waals surface area contributed by atoms with E-state index in [1.165, 1.54) is 4.90 Å². The number of rotatable bonds is 7. The molecule has 0 spiro atoms. The Balaban J connectivity index is 1.50. The summed E-state index contributed by atoms with van der Waals surface area (Å²) in [5, 5.41) is 2.77. The van der Waals surface area contributed by atoms with E-state index >= 15 is 0 Å². The van der Waals surface area contributed by atoms with E-state index in [1.54, 1.807) is 30.3 Å². The second-order valence-electron chi connectivity index (χ2n) is 7.80. The zero-order chi connectivity index (χ0) is 23.4. The molecule has 168 valence electrons. The Morgan fingerprint density at radius 1 is 1.00 bits per heavy atom. The van der Waals surface area contributed by atoms with Gasteiger partial charge in [0, 0.05) is 11.3 Å². The Morgan fingerprint density at radius 2 is 1.73 bits per heavy atom. The molecule has 0 saturated carbocycles. The summed E-state index contributed by atoms with van der Waals surface area (Å²) in [5.41, 5.74) is 3.28. The van der Waals surface area contributed by atoms with Gasteiger partial charge < -0.3 is 14.8 Å². The minimum absolute atomic E-state index is 0.145. The average molecular weight is 444 g/mol. The van der Waals surface area contributed by atoms with Crippen molar-refractivity contribution in [3.05, 3.63) is 83.4 Å². The van der Waals surface area contributed by atoms with Crippen molar-refractivity contribution < 1.29 is 23.9 Å². The van der Waals surface area contributed by atoms with Crippen LogP contribution >= 0.6 is 0 Å². The zero-order valence-electron chi connectivity index (χ0n) is 18.5. The van der Waals surface area contributed by atoms with Gasteiger partial charge in [-0.2, -0.15) is 0 Å². The van der Waals surface area contributed by atoms with Crippen LogP contribution in [-0.2, 0) is 9.59 Å². The van der Waals surface area contributed by atoms with Gasteiger partial charge in [0.2, 0.25) is 5.91 Å². The van der Waals surface area contributed by atoms with Crippen LogP contribution in [0.4, 0.5) is 11.4 Å². The number of carbonyl (C=O) groups excluding carboxylic acids is 3. The minimum Gasteiger partial charge on any atom is -0.485 e. The summed E-state index contributed by atoms with van der Waals surface area (Å²) < 4.78 is 11.3. The van der Waals surface area contributed by atoms with E-state index in [2.05, 4.69) is 5.32 Å². The van der Waals surface area contributed by atoms with Gasteiger partial charge in [0.05, 0.1) is 5.69 Å². The SMILES string of the molecule is Cc1cccc(C)c1OCC(=O)c1ccc2c(c1)N(CC(=O)Nc1ccccc1)C(=O)CO2. The molecule has 1 aliphatic heterocycles. The lowest BCUT2D eigenvalue weighted by Gasteiger charge is -2.29. The lowest BCUT2D eigenvalue weighted by molar-refractivity contribution is -0.123. The third-order valence-electron chi connectivity index (χ3n) is 5.34. The quantitative estimate of drug-likeness (QED) is 0.558. The lowest BCUT2D eigenvalue weighted by Crippen LogP contribution is -2.43. The lowest BCUT2D eigenvalue weighted by atomic mass is 10.1. The molecule has 1 N–H and O–H groups in total. The molecule has 2 amide bonds. The number of amides is 2. The average Bonchev–Trinajstić information content (AvgIpc) is 2.81. The maximum atomic E-state index is 12.8. The zero-order valence-corrected chi connectivity index (χ0v) is 18.5. The number of para-hydroxylation sites is 2.